The van der Waals surface area contributed by atoms with E-state index in [0.29, 0.717) is 12.6 Å². The Morgan fingerprint density at radius 2 is 1.21 bits per heavy atom. The standard InChI is InChI=1S/C31H43N5O2.3C2H2O4/c1-37-23-30-28-13-12-27(38-2)21-29(28)31(34-33-30)32-26-14-19-36(20-15-26)22-25-10-8-24(9-11-25)7-3-4-16-35-17-5-6-18-35;3*3-1(4)2(5)6/h8-13,21,26H,3-7,14-20,22-23H2,1-2H3,(H,32,34);3*(H,3,4)(H,5,6). The zero-order valence-corrected chi connectivity index (χ0v) is 31.3. The van der Waals surface area contributed by atoms with Gasteiger partial charge in [-0.05, 0) is 93.9 Å². The number of aromatic nitrogens is 2. The Bertz CT molecular complexity index is 1670. The molecule has 0 bridgehead atoms. The first-order valence-corrected chi connectivity index (χ1v) is 17.6. The van der Waals surface area contributed by atoms with Crippen LogP contribution in [0.3, 0.4) is 0 Å². The average Bonchev–Trinajstić information content (AvgIpc) is 3.70. The average molecular weight is 788 g/mol. The molecule has 56 heavy (non-hydrogen) atoms. The second kappa shape index (κ2) is 24.5. The summed E-state index contributed by atoms with van der Waals surface area (Å²) in [4.78, 5) is 59.8. The molecule has 2 aromatic carbocycles. The number of aryl methyl sites for hydroxylation is 1. The van der Waals surface area contributed by atoms with Gasteiger partial charge in [-0.2, -0.15) is 5.10 Å². The predicted molar refractivity (Wildman–Crippen MR) is 200 cm³/mol. The van der Waals surface area contributed by atoms with Gasteiger partial charge in [-0.25, -0.2) is 28.8 Å². The highest BCUT2D eigenvalue weighted by Gasteiger charge is 2.21. The number of aliphatic carboxylic acids is 6. The number of piperidine rings is 1. The summed E-state index contributed by atoms with van der Waals surface area (Å²) in [6.07, 6.45) is 8.75. The van der Waals surface area contributed by atoms with Gasteiger partial charge >= 0.3 is 35.8 Å². The van der Waals surface area contributed by atoms with Crippen molar-refractivity contribution in [3.8, 4) is 5.75 Å². The van der Waals surface area contributed by atoms with Crippen LogP contribution in [0.15, 0.2) is 42.5 Å². The quantitative estimate of drug-likeness (QED) is 0.103. The van der Waals surface area contributed by atoms with Crippen LogP contribution in [0.25, 0.3) is 10.8 Å². The van der Waals surface area contributed by atoms with E-state index in [1.165, 1.54) is 62.9 Å². The van der Waals surface area contributed by atoms with Crippen LogP contribution in [0.1, 0.15) is 55.3 Å². The number of carboxylic acid groups (broad SMARTS) is 6. The number of anilines is 1. The maximum absolute atomic E-state index is 9.10. The first kappa shape index (κ1) is 46.2. The smallest absolute Gasteiger partial charge is 0.414 e. The molecule has 0 amide bonds. The highest BCUT2D eigenvalue weighted by atomic mass is 16.5. The van der Waals surface area contributed by atoms with Crippen LogP contribution >= 0.6 is 0 Å². The van der Waals surface area contributed by atoms with Gasteiger partial charge < -0.3 is 50.3 Å². The zero-order chi connectivity index (χ0) is 41.6. The van der Waals surface area contributed by atoms with E-state index >= 15 is 0 Å². The topological polar surface area (TPSA) is 287 Å². The molecule has 2 saturated heterocycles. The van der Waals surface area contributed by atoms with Gasteiger partial charge in [-0.1, -0.05) is 24.3 Å². The van der Waals surface area contributed by atoms with E-state index in [2.05, 4.69) is 49.6 Å². The zero-order valence-electron chi connectivity index (χ0n) is 31.3. The number of rotatable bonds is 12. The van der Waals surface area contributed by atoms with Crippen LogP contribution in [-0.4, -0.2) is 139 Å². The van der Waals surface area contributed by atoms with E-state index in [0.717, 1.165) is 60.5 Å². The van der Waals surface area contributed by atoms with Crippen LogP contribution in [0, 0.1) is 0 Å². The summed E-state index contributed by atoms with van der Waals surface area (Å²) in [6.45, 7) is 7.51. The molecule has 0 saturated carbocycles. The van der Waals surface area contributed by atoms with Gasteiger partial charge in [0.1, 0.15) is 5.75 Å². The van der Waals surface area contributed by atoms with Crippen molar-refractivity contribution < 1.29 is 68.9 Å². The fourth-order valence-electron chi connectivity index (χ4n) is 5.84. The van der Waals surface area contributed by atoms with E-state index in [1.807, 2.05) is 18.2 Å². The predicted octanol–water partition coefficient (Wildman–Crippen LogP) is 2.75. The lowest BCUT2D eigenvalue weighted by atomic mass is 10.0. The van der Waals surface area contributed by atoms with E-state index in [4.69, 9.17) is 68.9 Å². The molecule has 3 heterocycles. The lowest BCUT2D eigenvalue weighted by molar-refractivity contribution is -0.159. The minimum atomic E-state index is -1.82. The van der Waals surface area contributed by atoms with E-state index in [9.17, 15) is 0 Å². The number of nitrogens with one attached hydrogen (secondary N) is 1. The molecule has 0 atom stereocenters. The van der Waals surface area contributed by atoms with E-state index < -0.39 is 35.8 Å². The summed E-state index contributed by atoms with van der Waals surface area (Å²) in [5.41, 5.74) is 3.73. The SMILES string of the molecule is COCc1nnc(NC2CCN(Cc3ccc(CCCCN4CCCC4)cc3)CC2)c2cc(OC)ccc12.O=C(O)C(=O)O.O=C(O)C(=O)O.O=C(O)C(=O)O. The van der Waals surface area contributed by atoms with Crippen molar-refractivity contribution in [2.75, 3.05) is 52.3 Å². The van der Waals surface area contributed by atoms with Crippen molar-refractivity contribution in [3.05, 3.63) is 59.3 Å². The second-order valence-corrected chi connectivity index (χ2v) is 12.7. The molecule has 2 fully saturated rings. The van der Waals surface area contributed by atoms with Gasteiger partial charge in [-0.3, -0.25) is 4.90 Å². The third kappa shape index (κ3) is 17.0. The van der Waals surface area contributed by atoms with Crippen LogP contribution in [-0.2, 0) is 53.1 Å². The van der Waals surface area contributed by atoms with Gasteiger partial charge in [0.25, 0.3) is 0 Å². The fraction of sp³-hybridized carbons (Fsp3) is 0.459. The number of carboxylic acids is 6. The number of methoxy groups -OCH3 is 2. The molecule has 0 spiro atoms. The van der Waals surface area contributed by atoms with Crippen molar-refractivity contribution in [1.29, 1.82) is 0 Å². The molecular weight excluding hydrogens is 738 g/mol. The number of carbonyl (C=O) groups is 6. The fourth-order valence-corrected chi connectivity index (χ4v) is 5.84. The highest BCUT2D eigenvalue weighted by molar-refractivity contribution is 6.28. The third-order valence-electron chi connectivity index (χ3n) is 8.64. The van der Waals surface area contributed by atoms with E-state index in [-0.39, 0.29) is 0 Å². The minimum absolute atomic E-state index is 0.381. The van der Waals surface area contributed by atoms with Gasteiger partial charge in [0, 0.05) is 43.6 Å². The minimum Gasteiger partial charge on any atom is -0.497 e. The number of hydrogen-bond acceptors (Lipinski definition) is 13. The maximum Gasteiger partial charge on any atom is 0.414 e. The van der Waals surface area contributed by atoms with Gasteiger partial charge in [0.2, 0.25) is 0 Å². The summed E-state index contributed by atoms with van der Waals surface area (Å²) in [7, 11) is 3.38. The lowest BCUT2D eigenvalue weighted by Crippen LogP contribution is -2.38. The van der Waals surface area contributed by atoms with Gasteiger partial charge in [0.05, 0.1) is 19.4 Å². The Morgan fingerprint density at radius 1 is 0.679 bits per heavy atom. The van der Waals surface area contributed by atoms with Crippen molar-refractivity contribution in [1.82, 2.24) is 20.0 Å². The molecule has 3 aromatic rings. The number of benzene rings is 2. The number of unbranched alkanes of at least 4 members (excludes halogenated alkanes) is 1. The van der Waals surface area contributed by atoms with Crippen LogP contribution in [0.4, 0.5) is 5.82 Å². The largest absolute Gasteiger partial charge is 0.497 e. The molecular formula is C37H49N5O14. The highest BCUT2D eigenvalue weighted by Crippen LogP contribution is 2.29. The van der Waals surface area contributed by atoms with E-state index in [1.54, 1.807) is 14.2 Å². The molecule has 306 valence electrons. The first-order valence-electron chi connectivity index (χ1n) is 17.6. The second-order valence-electron chi connectivity index (χ2n) is 12.7. The molecule has 2 aliphatic heterocycles. The molecule has 0 aliphatic carbocycles. The number of fused-ring (bicyclic) bond motifs is 1. The summed E-state index contributed by atoms with van der Waals surface area (Å²) in [6, 6.07) is 15.8. The summed E-state index contributed by atoms with van der Waals surface area (Å²) in [5, 5.41) is 59.1. The van der Waals surface area contributed by atoms with Crippen molar-refractivity contribution in [3.63, 3.8) is 0 Å². The maximum atomic E-state index is 9.10. The Hall–Kier alpha value is -5.92. The van der Waals surface area contributed by atoms with Crippen molar-refractivity contribution >= 4 is 52.4 Å². The van der Waals surface area contributed by atoms with Crippen LogP contribution in [0.2, 0.25) is 0 Å². The Labute approximate surface area is 322 Å². The number of hydrogen-bond donors (Lipinski definition) is 7. The van der Waals surface area contributed by atoms with Gasteiger partial charge in [0.15, 0.2) is 5.82 Å². The lowest BCUT2D eigenvalue weighted by Gasteiger charge is -2.32. The first-order chi connectivity index (χ1) is 26.6. The molecule has 19 nitrogen and oxygen atoms in total. The molecule has 0 unspecified atom stereocenters. The summed E-state index contributed by atoms with van der Waals surface area (Å²) >= 11 is 0. The van der Waals surface area contributed by atoms with Crippen molar-refractivity contribution in [2.24, 2.45) is 0 Å². The molecule has 1 aromatic heterocycles. The molecule has 0 radical (unpaired) electrons. The Morgan fingerprint density at radius 3 is 1.71 bits per heavy atom. The molecule has 7 N–H and O–H groups in total. The molecule has 19 heteroatoms. The van der Waals surface area contributed by atoms with Crippen molar-refractivity contribution in [2.45, 2.75) is 64.1 Å². The Kier molecular flexibility index (Phi) is 20.2. The number of nitrogens with zero attached hydrogens (tertiary/aromatic N) is 4. The molecule has 5 rings (SSSR count). The Balaban J connectivity index is 0.000000500. The monoisotopic (exact) mass is 787 g/mol. The normalized spacial score (nSPS) is 14.1. The summed E-state index contributed by atoms with van der Waals surface area (Å²) < 4.78 is 10.8. The van der Waals surface area contributed by atoms with Gasteiger partial charge in [-0.15, -0.1) is 5.10 Å². The van der Waals surface area contributed by atoms with Crippen LogP contribution in [0.5, 0.6) is 5.75 Å². The third-order valence-corrected chi connectivity index (χ3v) is 8.64. The van der Waals surface area contributed by atoms with Crippen LogP contribution < -0.4 is 10.1 Å². The number of ether oxygens (including phenoxy) is 2. The number of likely N-dealkylation sites (tertiary alicyclic amines) is 2. The molecule has 2 aliphatic rings. The summed E-state index contributed by atoms with van der Waals surface area (Å²) in [5.74, 6) is -9.30.